The van der Waals surface area contributed by atoms with Crippen LogP contribution in [0.4, 0.5) is 0 Å². The highest BCUT2D eigenvalue weighted by atomic mass is 16.4. The molecule has 0 aliphatic carbocycles. The Balaban J connectivity index is 4.40. The zero-order valence-corrected chi connectivity index (χ0v) is 9.82. The summed E-state index contributed by atoms with van der Waals surface area (Å²) in [7, 11) is 0. The molecule has 0 aromatic heterocycles. The van der Waals surface area contributed by atoms with Crippen molar-refractivity contribution in [1.82, 2.24) is 4.90 Å². The van der Waals surface area contributed by atoms with Crippen LogP contribution in [0.2, 0.25) is 0 Å². The SMILES string of the molecule is CCN(CC(C)(C)O)CC(C)(O)C(=O)O. The van der Waals surface area contributed by atoms with Gasteiger partial charge in [-0.05, 0) is 27.3 Å². The number of aliphatic hydroxyl groups is 2. The maximum absolute atomic E-state index is 10.7. The second kappa shape index (κ2) is 4.92. The molecule has 1 unspecified atom stereocenters. The Bertz CT molecular complexity index is 220. The van der Waals surface area contributed by atoms with Gasteiger partial charge in [0.05, 0.1) is 5.60 Å². The zero-order valence-electron chi connectivity index (χ0n) is 9.82. The third-order valence-electron chi connectivity index (χ3n) is 2.05. The van der Waals surface area contributed by atoms with E-state index in [1.807, 2.05) is 6.92 Å². The molecule has 0 amide bonds. The van der Waals surface area contributed by atoms with Crippen molar-refractivity contribution in [2.75, 3.05) is 19.6 Å². The summed E-state index contributed by atoms with van der Waals surface area (Å²) in [5.41, 5.74) is -2.67. The Morgan fingerprint density at radius 3 is 1.93 bits per heavy atom. The van der Waals surface area contributed by atoms with Crippen molar-refractivity contribution >= 4 is 5.97 Å². The minimum absolute atomic E-state index is 0.00280. The van der Waals surface area contributed by atoms with Gasteiger partial charge in [-0.15, -0.1) is 0 Å². The molecule has 0 heterocycles. The van der Waals surface area contributed by atoms with Crippen molar-refractivity contribution in [3.05, 3.63) is 0 Å². The van der Waals surface area contributed by atoms with Crippen molar-refractivity contribution in [3.8, 4) is 0 Å². The molecule has 1 atom stereocenters. The molecule has 0 aromatic rings. The monoisotopic (exact) mass is 219 g/mol. The van der Waals surface area contributed by atoms with E-state index < -0.39 is 17.2 Å². The first kappa shape index (κ1) is 14.3. The van der Waals surface area contributed by atoms with Gasteiger partial charge in [-0.3, -0.25) is 4.90 Å². The summed E-state index contributed by atoms with van der Waals surface area (Å²) >= 11 is 0. The number of carboxylic acid groups (broad SMARTS) is 1. The first-order valence-corrected chi connectivity index (χ1v) is 4.99. The topological polar surface area (TPSA) is 81.0 Å². The highest BCUT2D eigenvalue weighted by molar-refractivity contribution is 5.76. The molecule has 0 aromatic carbocycles. The Morgan fingerprint density at radius 1 is 1.20 bits per heavy atom. The summed E-state index contributed by atoms with van der Waals surface area (Å²) in [5.74, 6) is -1.25. The number of hydrogen-bond donors (Lipinski definition) is 3. The van der Waals surface area contributed by atoms with E-state index in [0.29, 0.717) is 13.1 Å². The van der Waals surface area contributed by atoms with Gasteiger partial charge < -0.3 is 15.3 Å². The van der Waals surface area contributed by atoms with E-state index in [-0.39, 0.29) is 6.54 Å². The third-order valence-corrected chi connectivity index (χ3v) is 2.05. The molecule has 3 N–H and O–H groups in total. The quantitative estimate of drug-likeness (QED) is 0.582. The van der Waals surface area contributed by atoms with Gasteiger partial charge in [-0.2, -0.15) is 0 Å². The van der Waals surface area contributed by atoms with Crippen molar-refractivity contribution in [2.24, 2.45) is 0 Å². The lowest BCUT2D eigenvalue weighted by Crippen LogP contribution is -2.50. The minimum atomic E-state index is -1.78. The smallest absolute Gasteiger partial charge is 0.336 e. The van der Waals surface area contributed by atoms with Gasteiger partial charge in [0.25, 0.3) is 0 Å². The van der Waals surface area contributed by atoms with Gasteiger partial charge in [-0.25, -0.2) is 4.79 Å². The molecule has 0 rings (SSSR count). The predicted octanol–water partition coefficient (Wildman–Crippen LogP) is -0.0852. The maximum atomic E-state index is 10.7. The number of carbonyl (C=O) groups is 1. The largest absolute Gasteiger partial charge is 0.479 e. The zero-order chi connectivity index (χ0) is 12.3. The van der Waals surface area contributed by atoms with Crippen molar-refractivity contribution in [2.45, 2.75) is 38.9 Å². The molecule has 0 spiro atoms. The second-order valence-corrected chi connectivity index (χ2v) is 4.69. The summed E-state index contributed by atoms with van der Waals surface area (Å²) in [5, 5.41) is 27.9. The van der Waals surface area contributed by atoms with E-state index in [1.54, 1.807) is 18.7 Å². The van der Waals surface area contributed by atoms with Crippen LogP contribution < -0.4 is 0 Å². The lowest BCUT2D eigenvalue weighted by atomic mass is 10.0. The van der Waals surface area contributed by atoms with Gasteiger partial charge in [0.2, 0.25) is 0 Å². The van der Waals surface area contributed by atoms with Crippen LogP contribution in [-0.2, 0) is 4.79 Å². The van der Waals surface area contributed by atoms with Crippen LogP contribution >= 0.6 is 0 Å². The Morgan fingerprint density at radius 2 is 1.67 bits per heavy atom. The fraction of sp³-hybridized carbons (Fsp3) is 0.900. The van der Waals surface area contributed by atoms with Gasteiger partial charge in [0.1, 0.15) is 0 Å². The number of carboxylic acids is 1. The molecular formula is C10H21NO4. The summed E-state index contributed by atoms with van der Waals surface area (Å²) in [6.45, 7) is 7.30. The lowest BCUT2D eigenvalue weighted by molar-refractivity contribution is -0.159. The standard InChI is InChI=1S/C10H21NO4/c1-5-11(6-9(2,3)14)7-10(4,15)8(12)13/h14-15H,5-7H2,1-4H3,(H,12,13). The Kier molecular flexibility index (Phi) is 4.70. The molecule has 5 nitrogen and oxygen atoms in total. The number of aliphatic carboxylic acids is 1. The minimum Gasteiger partial charge on any atom is -0.479 e. The van der Waals surface area contributed by atoms with E-state index in [2.05, 4.69) is 0 Å². The molecule has 0 saturated heterocycles. The van der Waals surface area contributed by atoms with Crippen LogP contribution in [-0.4, -0.2) is 57.0 Å². The van der Waals surface area contributed by atoms with Crippen LogP contribution in [0.1, 0.15) is 27.7 Å². The Hall–Kier alpha value is -0.650. The molecule has 5 heteroatoms. The molecule has 0 fully saturated rings. The molecule has 0 radical (unpaired) electrons. The van der Waals surface area contributed by atoms with Gasteiger partial charge in [0, 0.05) is 13.1 Å². The summed E-state index contributed by atoms with van der Waals surface area (Å²) < 4.78 is 0. The first-order chi connectivity index (χ1) is 6.58. The number of likely N-dealkylation sites (N-methyl/N-ethyl adjacent to an activating group) is 1. The molecule has 0 aliphatic rings. The van der Waals surface area contributed by atoms with E-state index in [4.69, 9.17) is 5.11 Å². The van der Waals surface area contributed by atoms with Gasteiger partial charge in [-0.1, -0.05) is 6.92 Å². The fourth-order valence-electron chi connectivity index (χ4n) is 1.33. The summed E-state index contributed by atoms with van der Waals surface area (Å²) in [6.07, 6.45) is 0. The third kappa shape index (κ3) is 5.71. The van der Waals surface area contributed by atoms with Crippen LogP contribution in [0, 0.1) is 0 Å². The molecule has 0 bridgehead atoms. The summed E-state index contributed by atoms with van der Waals surface area (Å²) in [4.78, 5) is 12.4. The number of hydrogen-bond acceptors (Lipinski definition) is 4. The van der Waals surface area contributed by atoms with Crippen molar-refractivity contribution in [1.29, 1.82) is 0 Å². The second-order valence-electron chi connectivity index (χ2n) is 4.69. The van der Waals surface area contributed by atoms with Crippen LogP contribution in [0.25, 0.3) is 0 Å². The van der Waals surface area contributed by atoms with E-state index in [9.17, 15) is 15.0 Å². The van der Waals surface area contributed by atoms with Gasteiger partial charge >= 0.3 is 5.97 Å². The van der Waals surface area contributed by atoms with Crippen LogP contribution in [0.15, 0.2) is 0 Å². The lowest BCUT2D eigenvalue weighted by Gasteiger charge is -2.32. The van der Waals surface area contributed by atoms with Crippen LogP contribution in [0.5, 0.6) is 0 Å². The van der Waals surface area contributed by atoms with E-state index in [1.165, 1.54) is 6.92 Å². The van der Waals surface area contributed by atoms with Gasteiger partial charge in [0.15, 0.2) is 5.60 Å². The molecular weight excluding hydrogens is 198 g/mol. The first-order valence-electron chi connectivity index (χ1n) is 4.99. The number of rotatable bonds is 6. The van der Waals surface area contributed by atoms with Crippen molar-refractivity contribution in [3.63, 3.8) is 0 Å². The highest BCUT2D eigenvalue weighted by Crippen LogP contribution is 2.10. The molecule has 0 saturated carbocycles. The van der Waals surface area contributed by atoms with Crippen molar-refractivity contribution < 1.29 is 20.1 Å². The molecule has 15 heavy (non-hydrogen) atoms. The average Bonchev–Trinajstić information content (AvgIpc) is 1.99. The molecule has 90 valence electrons. The molecule has 0 aliphatic heterocycles. The van der Waals surface area contributed by atoms with E-state index >= 15 is 0 Å². The number of nitrogens with zero attached hydrogens (tertiary/aromatic N) is 1. The van der Waals surface area contributed by atoms with E-state index in [0.717, 1.165) is 0 Å². The van der Waals surface area contributed by atoms with Crippen LogP contribution in [0.3, 0.4) is 0 Å². The fourth-order valence-corrected chi connectivity index (χ4v) is 1.33. The Labute approximate surface area is 90.3 Å². The maximum Gasteiger partial charge on any atom is 0.336 e. The normalized spacial score (nSPS) is 16.5. The summed E-state index contributed by atoms with van der Waals surface area (Å²) in [6, 6.07) is 0. The highest BCUT2D eigenvalue weighted by Gasteiger charge is 2.33. The average molecular weight is 219 g/mol. The predicted molar refractivity (Wildman–Crippen MR) is 56.7 cm³/mol.